The third-order valence-electron chi connectivity index (χ3n) is 6.82. The maximum absolute atomic E-state index is 14.9. The summed E-state index contributed by atoms with van der Waals surface area (Å²) in [5.41, 5.74) is 4.57. The van der Waals surface area contributed by atoms with Gasteiger partial charge in [-0.15, -0.1) is 0 Å². The fourth-order valence-electron chi connectivity index (χ4n) is 4.99. The number of halogens is 2. The highest BCUT2D eigenvalue weighted by molar-refractivity contribution is 6.30. The number of hydrogen-bond donors (Lipinski definition) is 0. The fraction of sp³-hybridized carbons (Fsp3) is 0.310. The molecule has 1 saturated heterocycles. The van der Waals surface area contributed by atoms with E-state index >= 15 is 0 Å². The average Bonchev–Trinajstić information content (AvgIpc) is 3.29. The molecule has 3 nitrogen and oxygen atoms in total. The number of nitrogens with zero attached hydrogens (tertiary/aromatic N) is 1. The molecule has 1 radical (unpaired) electrons. The van der Waals surface area contributed by atoms with Gasteiger partial charge in [-0.25, -0.2) is 4.39 Å². The lowest BCUT2D eigenvalue weighted by molar-refractivity contribution is -0.117. The van der Waals surface area contributed by atoms with E-state index in [0.29, 0.717) is 17.2 Å². The van der Waals surface area contributed by atoms with E-state index in [1.807, 2.05) is 59.5 Å². The molecule has 34 heavy (non-hydrogen) atoms. The summed E-state index contributed by atoms with van der Waals surface area (Å²) in [5.74, 6) is 0.619. The van der Waals surface area contributed by atoms with E-state index in [1.54, 1.807) is 0 Å². The Morgan fingerprint density at radius 1 is 1.00 bits per heavy atom. The van der Waals surface area contributed by atoms with Crippen LogP contribution in [0.3, 0.4) is 0 Å². The molecule has 5 heteroatoms. The number of carbonyl (C=O) groups is 1. The molecule has 0 N–H and O–H groups in total. The predicted octanol–water partition coefficient (Wildman–Crippen LogP) is 7.71. The van der Waals surface area contributed by atoms with Crippen LogP contribution in [0.25, 0.3) is 11.1 Å². The maximum atomic E-state index is 14.9. The number of ether oxygens (including phenoxy) is 1. The van der Waals surface area contributed by atoms with Crippen LogP contribution in [0.5, 0.6) is 5.75 Å². The van der Waals surface area contributed by atoms with Crippen LogP contribution in [0.2, 0.25) is 5.02 Å². The zero-order valence-electron chi connectivity index (χ0n) is 19.1. The largest absolute Gasteiger partial charge is 0.489 e. The smallest absolute Gasteiger partial charge is 0.227 e. The second kappa shape index (κ2) is 10.2. The first-order chi connectivity index (χ1) is 16.6. The molecular weight excluding hydrogens is 449 g/mol. The Hall–Kier alpha value is -2.85. The van der Waals surface area contributed by atoms with Crippen molar-refractivity contribution in [2.24, 2.45) is 0 Å². The van der Waals surface area contributed by atoms with Crippen molar-refractivity contribution >= 4 is 23.2 Å². The van der Waals surface area contributed by atoms with E-state index < -0.39 is 0 Å². The normalized spacial score (nSPS) is 16.8. The summed E-state index contributed by atoms with van der Waals surface area (Å²) in [4.78, 5) is 14.1. The zero-order chi connectivity index (χ0) is 23.5. The van der Waals surface area contributed by atoms with Gasteiger partial charge in [0.25, 0.3) is 0 Å². The van der Waals surface area contributed by atoms with Gasteiger partial charge in [0.15, 0.2) is 0 Å². The molecule has 0 spiro atoms. The highest BCUT2D eigenvalue weighted by Gasteiger charge is 2.23. The van der Waals surface area contributed by atoms with Crippen LogP contribution in [0, 0.1) is 12.2 Å². The number of anilines is 1. The van der Waals surface area contributed by atoms with E-state index in [4.69, 9.17) is 16.3 Å². The Morgan fingerprint density at radius 2 is 1.85 bits per heavy atom. The van der Waals surface area contributed by atoms with Crippen LogP contribution in [0.1, 0.15) is 55.6 Å². The predicted molar refractivity (Wildman–Crippen MR) is 135 cm³/mol. The van der Waals surface area contributed by atoms with E-state index in [0.717, 1.165) is 60.2 Å². The van der Waals surface area contributed by atoms with Crippen molar-refractivity contribution < 1.29 is 13.9 Å². The first-order valence-corrected chi connectivity index (χ1v) is 12.4. The standard InChI is InChI=1S/C29H28ClFNO2/c30-23-10-8-21(9-11-23)26-14-12-24(32-16-4-7-29(32)33)17-22(26)19-34-25-13-15-27(28(31)18-25)20-5-2-1-3-6-20/h5,8-15,17-18,20H,1-4,6-7,16,19H2. The first kappa shape index (κ1) is 22.9. The van der Waals surface area contributed by atoms with Crippen LogP contribution in [-0.4, -0.2) is 12.5 Å². The van der Waals surface area contributed by atoms with Crippen molar-refractivity contribution in [2.45, 2.75) is 51.0 Å². The topological polar surface area (TPSA) is 29.5 Å². The molecule has 1 amide bonds. The molecule has 1 unspecified atom stereocenters. The third-order valence-corrected chi connectivity index (χ3v) is 7.07. The number of amides is 1. The molecule has 2 aliphatic rings. The summed E-state index contributed by atoms with van der Waals surface area (Å²) in [6, 6.07) is 18.9. The van der Waals surface area contributed by atoms with Gasteiger partial charge in [0, 0.05) is 29.7 Å². The molecule has 2 fully saturated rings. The zero-order valence-corrected chi connectivity index (χ0v) is 19.9. The quantitative estimate of drug-likeness (QED) is 0.364. The molecule has 1 aliphatic heterocycles. The number of benzene rings is 3. The highest BCUT2D eigenvalue weighted by atomic mass is 35.5. The molecule has 3 aromatic carbocycles. The molecule has 1 heterocycles. The lowest BCUT2D eigenvalue weighted by atomic mass is 9.84. The van der Waals surface area contributed by atoms with Crippen LogP contribution in [-0.2, 0) is 11.4 Å². The van der Waals surface area contributed by atoms with Gasteiger partial charge in [0.2, 0.25) is 5.91 Å². The molecule has 1 atom stereocenters. The van der Waals surface area contributed by atoms with Gasteiger partial charge in [0.05, 0.1) is 0 Å². The lowest BCUT2D eigenvalue weighted by Gasteiger charge is -2.22. The third kappa shape index (κ3) is 4.97. The molecule has 0 bridgehead atoms. The van der Waals surface area contributed by atoms with E-state index in [2.05, 4.69) is 6.42 Å². The van der Waals surface area contributed by atoms with Crippen molar-refractivity contribution in [3.63, 3.8) is 0 Å². The Kier molecular flexibility index (Phi) is 6.87. The minimum absolute atomic E-state index is 0.142. The van der Waals surface area contributed by atoms with Gasteiger partial charge >= 0.3 is 0 Å². The first-order valence-electron chi connectivity index (χ1n) is 12.0. The molecular formula is C29H28ClFNO2. The van der Waals surface area contributed by atoms with Gasteiger partial charge in [-0.05, 0) is 84.2 Å². The van der Waals surface area contributed by atoms with Gasteiger partial charge in [-0.2, -0.15) is 0 Å². The van der Waals surface area contributed by atoms with E-state index in [1.165, 1.54) is 12.5 Å². The average molecular weight is 477 g/mol. The summed E-state index contributed by atoms with van der Waals surface area (Å²) in [6.45, 7) is 0.993. The second-order valence-electron chi connectivity index (χ2n) is 9.10. The van der Waals surface area contributed by atoms with Crippen molar-refractivity contribution in [3.8, 4) is 16.9 Å². The Balaban J connectivity index is 1.40. The van der Waals surface area contributed by atoms with Crippen molar-refractivity contribution in [2.75, 3.05) is 11.4 Å². The summed E-state index contributed by atoms with van der Waals surface area (Å²) >= 11 is 6.08. The molecule has 3 aromatic rings. The van der Waals surface area contributed by atoms with Crippen LogP contribution >= 0.6 is 11.6 Å². The maximum Gasteiger partial charge on any atom is 0.227 e. The molecule has 5 rings (SSSR count). The van der Waals surface area contributed by atoms with Crippen molar-refractivity contribution in [3.05, 3.63) is 89.1 Å². The minimum atomic E-state index is -0.213. The number of carbonyl (C=O) groups excluding carboxylic acids is 1. The Bertz CT molecular complexity index is 1170. The summed E-state index contributed by atoms with van der Waals surface area (Å²) in [6.07, 6.45) is 8.06. The number of hydrogen-bond acceptors (Lipinski definition) is 2. The molecule has 175 valence electrons. The van der Waals surface area contributed by atoms with Gasteiger partial charge in [0.1, 0.15) is 18.2 Å². The van der Waals surface area contributed by atoms with Crippen molar-refractivity contribution in [1.29, 1.82) is 0 Å². The van der Waals surface area contributed by atoms with Crippen LogP contribution in [0.15, 0.2) is 60.7 Å². The van der Waals surface area contributed by atoms with Gasteiger partial charge in [-0.1, -0.05) is 48.7 Å². The van der Waals surface area contributed by atoms with E-state index in [9.17, 15) is 9.18 Å². The highest BCUT2D eigenvalue weighted by Crippen LogP contribution is 2.35. The second-order valence-corrected chi connectivity index (χ2v) is 9.53. The van der Waals surface area contributed by atoms with Crippen molar-refractivity contribution in [1.82, 2.24) is 0 Å². The summed E-state index contributed by atoms with van der Waals surface area (Å²) in [7, 11) is 0. The minimum Gasteiger partial charge on any atom is -0.489 e. The van der Waals surface area contributed by atoms with Gasteiger partial charge in [-0.3, -0.25) is 4.79 Å². The van der Waals surface area contributed by atoms with Crippen LogP contribution in [0.4, 0.5) is 10.1 Å². The monoisotopic (exact) mass is 476 g/mol. The van der Waals surface area contributed by atoms with E-state index in [-0.39, 0.29) is 24.2 Å². The SMILES string of the molecule is O=C1CCCN1c1ccc(-c2ccc(Cl)cc2)c(COc2ccc(C3[CH]CCCC3)c(F)c2)c1. The lowest BCUT2D eigenvalue weighted by Crippen LogP contribution is -2.23. The molecule has 1 aliphatic carbocycles. The Labute approximate surface area is 205 Å². The Morgan fingerprint density at radius 3 is 2.56 bits per heavy atom. The number of rotatable bonds is 6. The molecule has 1 saturated carbocycles. The fourth-order valence-corrected chi connectivity index (χ4v) is 5.11. The molecule has 0 aromatic heterocycles. The summed E-state index contributed by atoms with van der Waals surface area (Å²) in [5, 5.41) is 0.673. The van der Waals surface area contributed by atoms with Gasteiger partial charge < -0.3 is 9.64 Å². The van der Waals surface area contributed by atoms with Crippen LogP contribution < -0.4 is 9.64 Å². The summed E-state index contributed by atoms with van der Waals surface area (Å²) < 4.78 is 21.0.